The van der Waals surface area contributed by atoms with Crippen LogP contribution in [0.3, 0.4) is 0 Å². The number of aliphatic hydroxyl groups is 2. The summed E-state index contributed by atoms with van der Waals surface area (Å²) in [6, 6.07) is 5.47. The lowest BCUT2D eigenvalue weighted by atomic mass is 9.70. The Bertz CT molecular complexity index is 2440. The zero-order valence-corrected chi connectivity index (χ0v) is 52.5. The summed E-state index contributed by atoms with van der Waals surface area (Å²) < 4.78 is 64.6. The molecule has 2 N–H and O–H groups in total. The summed E-state index contributed by atoms with van der Waals surface area (Å²) in [7, 11) is 8.47. The number of Topliss-reactive ketones (excluding diaryl/α,β-unsaturated/α-hetero) is 1. The van der Waals surface area contributed by atoms with Crippen molar-refractivity contribution in [3.05, 3.63) is 46.2 Å². The van der Waals surface area contributed by atoms with Gasteiger partial charge in [-0.25, -0.2) is 0 Å². The molecule has 0 amide bonds. The molecule has 7 rings (SSSR count). The molecule has 1 aromatic heterocycles. The normalized spacial score (nSPS) is 38.3. The Labute approximate surface area is 494 Å². The molecule has 5 fully saturated rings. The summed E-state index contributed by atoms with van der Waals surface area (Å²) in [4.78, 5) is 53.7. The van der Waals surface area contributed by atoms with E-state index in [1.807, 2.05) is 78.7 Å². The fraction of sp³-hybridized carbons (Fsp3) is 0.767. The predicted octanol–water partition coefficient (Wildman–Crippen LogP) is 9.10. The smallest absolute Gasteiger partial charge is 0.320 e. The summed E-state index contributed by atoms with van der Waals surface area (Å²) in [5.41, 5.74) is -2.37. The van der Waals surface area contributed by atoms with Crippen LogP contribution in [0.5, 0.6) is 11.5 Å². The van der Waals surface area contributed by atoms with Gasteiger partial charge in [0.25, 0.3) is 0 Å². The van der Waals surface area contributed by atoms with Gasteiger partial charge >= 0.3 is 11.9 Å². The second-order valence-corrected chi connectivity index (χ2v) is 26.3. The Kier molecular flexibility index (Phi) is 22.3. The van der Waals surface area contributed by atoms with Crippen molar-refractivity contribution in [3.63, 3.8) is 0 Å². The number of hydrogen-bond acceptors (Lipinski definition) is 19. The molecule has 1 unspecified atom stereocenters. The maximum absolute atomic E-state index is 15.5. The van der Waals surface area contributed by atoms with Crippen molar-refractivity contribution in [1.29, 1.82) is 0 Å². The Morgan fingerprint density at radius 2 is 1.52 bits per heavy atom. The lowest BCUT2D eigenvalue weighted by Crippen LogP contribution is -2.61. The molecule has 1 saturated carbocycles. The highest BCUT2D eigenvalue weighted by Crippen LogP contribution is 2.50. The first-order valence-electron chi connectivity index (χ1n) is 28.9. The van der Waals surface area contributed by atoms with Crippen molar-refractivity contribution in [1.82, 2.24) is 9.88 Å². The first kappa shape index (κ1) is 65.5. The van der Waals surface area contributed by atoms with Gasteiger partial charge in [-0.1, -0.05) is 50.9 Å². The topological polar surface area (TPSA) is 203 Å². The van der Waals surface area contributed by atoms with E-state index in [1.165, 1.54) is 18.9 Å². The van der Waals surface area contributed by atoms with Crippen LogP contribution < -0.4 is 14.4 Å². The molecule has 0 radical (unpaired) electrons. The summed E-state index contributed by atoms with van der Waals surface area (Å²) >= 11 is 14.9. The SMILES string of the molecule is CC[C@H]1OC(=O)[C@H](C)[C@@H](O[C@H]2C[C@@](C)(OC)[C@@H](O)[C@H](C)O2)[C@H](C)[C@@H](O[C@@H]2O[C@H](C)C[C@H](N(C)C)[C@H]2O)[C@](C)(OC)C[C@@H](C)C(=O)[C@H](C)[C@H]2C(SCCN(Cc3c(Cl)cncc3Cl)c3ccc(OC)c(OC4CCCC4)c3)C(=O)O[C@@]21C. The highest BCUT2D eigenvalue weighted by Gasteiger charge is 2.62. The van der Waals surface area contributed by atoms with Gasteiger partial charge in [0.15, 0.2) is 29.7 Å². The number of ether oxygens (including phenoxy) is 10. The molecule has 18 nitrogen and oxygen atoms in total. The van der Waals surface area contributed by atoms with Crippen LogP contribution in [0.1, 0.15) is 126 Å². The number of aromatic nitrogens is 1. The van der Waals surface area contributed by atoms with Crippen molar-refractivity contribution in [2.24, 2.45) is 29.6 Å². The summed E-state index contributed by atoms with van der Waals surface area (Å²) in [5, 5.41) is 23.1. The minimum atomic E-state index is -1.47. The number of esters is 2. The van der Waals surface area contributed by atoms with Crippen LogP contribution in [0, 0.1) is 29.6 Å². The Hall–Kier alpha value is -3.05. The zero-order chi connectivity index (χ0) is 59.5. The first-order chi connectivity index (χ1) is 38.2. The van der Waals surface area contributed by atoms with Crippen LogP contribution in [0.25, 0.3) is 0 Å². The highest BCUT2D eigenvalue weighted by molar-refractivity contribution is 8.00. The third kappa shape index (κ3) is 14.3. The number of carbonyl (C=O) groups excluding carboxylic acids is 3. The van der Waals surface area contributed by atoms with E-state index in [4.69, 9.17) is 70.6 Å². The number of halogens is 2. The van der Waals surface area contributed by atoms with Gasteiger partial charge < -0.3 is 67.4 Å². The van der Waals surface area contributed by atoms with Gasteiger partial charge in [-0.15, -0.1) is 11.8 Å². The number of thioether (sulfide) groups is 1. The molecule has 19 atom stereocenters. The lowest BCUT2D eigenvalue weighted by Gasteiger charge is -2.50. The van der Waals surface area contributed by atoms with Crippen LogP contribution >= 0.6 is 35.0 Å². The molecular formula is C60H91Cl2N3O15S. The molecule has 21 heteroatoms. The maximum atomic E-state index is 15.5. The average molecular weight is 1200 g/mol. The molecular weight excluding hydrogens is 1110 g/mol. The van der Waals surface area contributed by atoms with Crippen molar-refractivity contribution in [2.45, 2.75) is 217 Å². The number of ketones is 1. The van der Waals surface area contributed by atoms with Crippen LogP contribution in [0.4, 0.5) is 5.69 Å². The van der Waals surface area contributed by atoms with Gasteiger partial charge in [-0.05, 0) is 113 Å². The molecule has 1 aliphatic carbocycles. The third-order valence-electron chi connectivity index (χ3n) is 18.3. The van der Waals surface area contributed by atoms with E-state index >= 15 is 9.59 Å². The molecule has 0 spiro atoms. The predicted molar refractivity (Wildman–Crippen MR) is 310 cm³/mol. The monoisotopic (exact) mass is 1200 g/mol. The summed E-state index contributed by atoms with van der Waals surface area (Å²) in [6.45, 7) is 18.9. The molecule has 5 aliphatic rings. The largest absolute Gasteiger partial charge is 0.493 e. The van der Waals surface area contributed by atoms with E-state index in [1.54, 1.807) is 54.3 Å². The molecule has 4 saturated heterocycles. The van der Waals surface area contributed by atoms with Crippen LogP contribution in [0.2, 0.25) is 10.0 Å². The number of anilines is 1. The van der Waals surface area contributed by atoms with Crippen LogP contribution in [-0.4, -0.2) is 175 Å². The van der Waals surface area contributed by atoms with E-state index in [2.05, 4.69) is 9.88 Å². The quantitative estimate of drug-likeness (QED) is 0.134. The van der Waals surface area contributed by atoms with Gasteiger partial charge in [0.05, 0.1) is 64.8 Å². The Morgan fingerprint density at radius 1 is 0.852 bits per heavy atom. The van der Waals surface area contributed by atoms with Gasteiger partial charge in [0.1, 0.15) is 29.3 Å². The Balaban J connectivity index is 1.26. The number of benzene rings is 1. The number of rotatable bonds is 18. The highest BCUT2D eigenvalue weighted by atomic mass is 35.5. The van der Waals surface area contributed by atoms with E-state index in [0.717, 1.165) is 31.4 Å². The lowest BCUT2D eigenvalue weighted by molar-refractivity contribution is -0.319. The average Bonchev–Trinajstić information content (AvgIpc) is 3.37. The number of hydrogen-bond donors (Lipinski definition) is 2. The van der Waals surface area contributed by atoms with Gasteiger partial charge in [0, 0.05) is 98.9 Å². The fourth-order valence-electron chi connectivity index (χ4n) is 13.4. The molecule has 4 aliphatic heterocycles. The van der Waals surface area contributed by atoms with E-state index in [-0.39, 0.29) is 49.8 Å². The second-order valence-electron chi connectivity index (χ2n) is 24.2. The minimum Gasteiger partial charge on any atom is -0.493 e. The first-order valence-corrected chi connectivity index (χ1v) is 30.8. The van der Waals surface area contributed by atoms with Gasteiger partial charge in [-0.2, -0.15) is 0 Å². The molecule has 5 heterocycles. The molecule has 2 aromatic rings. The van der Waals surface area contributed by atoms with E-state index in [0.29, 0.717) is 45.8 Å². The van der Waals surface area contributed by atoms with Crippen molar-refractivity contribution < 1.29 is 72.0 Å². The molecule has 456 valence electrons. The third-order valence-corrected chi connectivity index (χ3v) is 20.2. The number of pyridine rings is 1. The van der Waals surface area contributed by atoms with Crippen LogP contribution in [0.15, 0.2) is 30.6 Å². The van der Waals surface area contributed by atoms with Crippen LogP contribution in [-0.2, 0) is 58.8 Å². The fourth-order valence-corrected chi connectivity index (χ4v) is 15.4. The van der Waals surface area contributed by atoms with Gasteiger partial charge in [0.2, 0.25) is 0 Å². The number of aliphatic hydroxyl groups excluding tert-OH is 2. The number of cyclic esters (lactones) is 1. The number of methoxy groups -OCH3 is 3. The Morgan fingerprint density at radius 3 is 2.14 bits per heavy atom. The van der Waals surface area contributed by atoms with Crippen molar-refractivity contribution >= 4 is 58.4 Å². The minimum absolute atomic E-state index is 0.0667. The summed E-state index contributed by atoms with van der Waals surface area (Å²) in [5.74, 6) is -3.82. The van der Waals surface area contributed by atoms with Crippen molar-refractivity contribution in [3.8, 4) is 11.5 Å². The van der Waals surface area contributed by atoms with Crippen molar-refractivity contribution in [2.75, 3.05) is 52.6 Å². The number of likely N-dealkylation sites (N-methyl/N-ethyl adjacent to an activating group) is 1. The molecule has 81 heavy (non-hydrogen) atoms. The van der Waals surface area contributed by atoms with E-state index in [9.17, 15) is 15.0 Å². The standard InChI is InChI=1S/C60H91Cl2N3O15S/c1-16-46-60(10)48(52(56(70)80-60)81-24-23-65(31-40-41(61)29-63-30-42(40)62)38-21-22-44(71-13)45(26-38)76-39-19-17-18-20-39)34(4)49(66)32(2)27-59(9,73-15)54(79-57-50(67)43(64(11)12)25-33(3)74-57)35(5)51(36(6)55(69)77-46)78-47-28-58(8,72-14)53(68)37(7)75-47/h21-22,26,29-30,32-37,39,43,46-48,50-54,57,67-68H,16-20,23-25,27-28,31H2,1-15H3/t32-,33-,34-,35+,36-,37+,43+,46-,47+,48+,50-,51+,52?,53+,54-,57+,58-,59-,60-/m1/s1. The van der Waals surface area contributed by atoms with Gasteiger partial charge in [-0.3, -0.25) is 19.4 Å². The molecule has 0 bridgehead atoms. The summed E-state index contributed by atoms with van der Waals surface area (Å²) in [6.07, 6.45) is -0.0172. The molecule has 1 aromatic carbocycles. The zero-order valence-electron chi connectivity index (χ0n) is 50.2. The number of fused-ring (bicyclic) bond motifs is 1. The maximum Gasteiger partial charge on any atom is 0.320 e. The second kappa shape index (κ2) is 27.5. The number of nitrogens with zero attached hydrogens (tertiary/aromatic N) is 3. The van der Waals surface area contributed by atoms with E-state index < -0.39 is 113 Å². The number of carbonyl (C=O) groups is 3.